The average Bonchev–Trinajstić information content (AvgIpc) is 2.96. The summed E-state index contributed by atoms with van der Waals surface area (Å²) >= 11 is 0. The van der Waals surface area contributed by atoms with Gasteiger partial charge in [0.15, 0.2) is 0 Å². The molecule has 0 aromatic rings. The zero-order valence-electron chi connectivity index (χ0n) is 12.1. The Morgan fingerprint density at radius 1 is 1.11 bits per heavy atom. The number of nitrogens with two attached hydrogens (primary N) is 1. The van der Waals surface area contributed by atoms with Crippen LogP contribution in [-0.4, -0.2) is 30.1 Å². The van der Waals surface area contributed by atoms with Gasteiger partial charge in [-0.3, -0.25) is 4.90 Å². The Morgan fingerprint density at radius 2 is 1.89 bits per heavy atom. The fourth-order valence-electron chi connectivity index (χ4n) is 5.02. The van der Waals surface area contributed by atoms with Gasteiger partial charge in [-0.15, -0.1) is 0 Å². The molecule has 0 radical (unpaired) electrons. The van der Waals surface area contributed by atoms with Gasteiger partial charge < -0.3 is 5.73 Å². The zero-order chi connectivity index (χ0) is 12.6. The Balaban J connectivity index is 1.70. The van der Waals surface area contributed by atoms with Gasteiger partial charge >= 0.3 is 0 Å². The summed E-state index contributed by atoms with van der Waals surface area (Å²) in [4.78, 5) is 2.81. The van der Waals surface area contributed by atoms with Crippen molar-refractivity contribution >= 4 is 0 Å². The molecule has 104 valence electrons. The molecule has 2 aliphatic carbocycles. The Bertz CT molecular complexity index is 295. The molecular weight excluding hydrogens is 220 g/mol. The number of hydrogen-bond acceptors (Lipinski definition) is 2. The van der Waals surface area contributed by atoms with Gasteiger partial charge in [-0.05, 0) is 56.4 Å². The summed E-state index contributed by atoms with van der Waals surface area (Å²) in [5, 5.41) is 0. The number of rotatable bonds is 2. The van der Waals surface area contributed by atoms with Crippen LogP contribution in [0, 0.1) is 11.3 Å². The van der Waals surface area contributed by atoms with E-state index in [1.54, 1.807) is 0 Å². The molecule has 2 N–H and O–H groups in total. The van der Waals surface area contributed by atoms with E-state index in [1.165, 1.54) is 70.9 Å². The monoisotopic (exact) mass is 250 g/mol. The van der Waals surface area contributed by atoms with Gasteiger partial charge in [0.25, 0.3) is 0 Å². The standard InChI is InChI=1S/C16H30N2/c1-14-5-8-16(11-14,12-17)18-10-9-15(13-18)6-3-2-4-7-15/h14H,2-13,17H2,1H3. The molecule has 2 unspecified atom stereocenters. The molecule has 2 heteroatoms. The van der Waals surface area contributed by atoms with Crippen molar-refractivity contribution in [1.82, 2.24) is 4.90 Å². The molecule has 0 aromatic heterocycles. The van der Waals surface area contributed by atoms with Crippen LogP contribution < -0.4 is 5.73 Å². The van der Waals surface area contributed by atoms with Crippen LogP contribution in [0.2, 0.25) is 0 Å². The first kappa shape index (κ1) is 12.9. The van der Waals surface area contributed by atoms with Gasteiger partial charge in [0.2, 0.25) is 0 Å². The average molecular weight is 250 g/mol. The predicted molar refractivity (Wildman–Crippen MR) is 76.5 cm³/mol. The molecule has 1 heterocycles. The van der Waals surface area contributed by atoms with E-state index >= 15 is 0 Å². The van der Waals surface area contributed by atoms with E-state index in [2.05, 4.69) is 11.8 Å². The molecular formula is C16H30N2. The second-order valence-electron chi connectivity index (χ2n) is 7.51. The van der Waals surface area contributed by atoms with E-state index < -0.39 is 0 Å². The van der Waals surface area contributed by atoms with Crippen LogP contribution >= 0.6 is 0 Å². The summed E-state index contributed by atoms with van der Waals surface area (Å²) in [6.45, 7) is 5.97. The predicted octanol–water partition coefficient (Wildman–Crippen LogP) is 3.16. The molecule has 0 aromatic carbocycles. The molecule has 3 rings (SSSR count). The van der Waals surface area contributed by atoms with Crippen molar-refractivity contribution in [2.45, 2.75) is 70.3 Å². The van der Waals surface area contributed by atoms with Crippen LogP contribution in [0.5, 0.6) is 0 Å². The molecule has 2 nitrogen and oxygen atoms in total. The molecule has 1 spiro atoms. The summed E-state index contributed by atoms with van der Waals surface area (Å²) in [5.41, 5.74) is 7.25. The molecule has 1 saturated heterocycles. The lowest BCUT2D eigenvalue weighted by Crippen LogP contribution is -2.52. The van der Waals surface area contributed by atoms with Gasteiger partial charge in [0.05, 0.1) is 0 Å². The van der Waals surface area contributed by atoms with Gasteiger partial charge in [0, 0.05) is 18.6 Å². The molecule has 18 heavy (non-hydrogen) atoms. The lowest BCUT2D eigenvalue weighted by Gasteiger charge is -2.41. The minimum absolute atomic E-state index is 0.375. The second-order valence-corrected chi connectivity index (χ2v) is 7.51. The molecule has 2 saturated carbocycles. The highest BCUT2D eigenvalue weighted by atomic mass is 15.2. The van der Waals surface area contributed by atoms with Crippen LogP contribution in [0.3, 0.4) is 0 Å². The third-order valence-corrected chi connectivity index (χ3v) is 6.23. The minimum atomic E-state index is 0.375. The van der Waals surface area contributed by atoms with Crippen LogP contribution in [0.15, 0.2) is 0 Å². The summed E-state index contributed by atoms with van der Waals surface area (Å²) in [5.74, 6) is 0.886. The Morgan fingerprint density at radius 3 is 2.50 bits per heavy atom. The van der Waals surface area contributed by atoms with Crippen molar-refractivity contribution in [3.8, 4) is 0 Å². The fraction of sp³-hybridized carbons (Fsp3) is 1.00. The largest absolute Gasteiger partial charge is 0.329 e. The first-order chi connectivity index (χ1) is 8.68. The zero-order valence-corrected chi connectivity index (χ0v) is 12.1. The number of nitrogens with zero attached hydrogens (tertiary/aromatic N) is 1. The van der Waals surface area contributed by atoms with Crippen LogP contribution in [-0.2, 0) is 0 Å². The van der Waals surface area contributed by atoms with Crippen LogP contribution in [0.1, 0.15) is 64.7 Å². The maximum atomic E-state index is 6.19. The molecule has 0 bridgehead atoms. The van der Waals surface area contributed by atoms with Crippen LogP contribution in [0.4, 0.5) is 0 Å². The fourth-order valence-corrected chi connectivity index (χ4v) is 5.02. The van der Waals surface area contributed by atoms with E-state index in [4.69, 9.17) is 5.73 Å². The van der Waals surface area contributed by atoms with Crippen molar-refractivity contribution in [2.75, 3.05) is 19.6 Å². The SMILES string of the molecule is CC1CCC(CN)(N2CCC3(CCCCC3)C2)C1. The number of hydrogen-bond donors (Lipinski definition) is 1. The molecule has 2 atom stereocenters. The van der Waals surface area contributed by atoms with Gasteiger partial charge in [0.1, 0.15) is 0 Å². The van der Waals surface area contributed by atoms with E-state index in [-0.39, 0.29) is 0 Å². The summed E-state index contributed by atoms with van der Waals surface area (Å²) in [6.07, 6.45) is 12.9. The van der Waals surface area contributed by atoms with Crippen molar-refractivity contribution in [3.05, 3.63) is 0 Å². The van der Waals surface area contributed by atoms with Gasteiger partial charge in [-0.25, -0.2) is 0 Å². The minimum Gasteiger partial charge on any atom is -0.329 e. The Labute approximate surface area is 112 Å². The lowest BCUT2D eigenvalue weighted by molar-refractivity contribution is 0.0952. The van der Waals surface area contributed by atoms with Crippen LogP contribution in [0.25, 0.3) is 0 Å². The smallest absolute Gasteiger partial charge is 0.0334 e. The topological polar surface area (TPSA) is 29.3 Å². The van der Waals surface area contributed by atoms with Crippen molar-refractivity contribution < 1.29 is 0 Å². The quantitative estimate of drug-likeness (QED) is 0.815. The Hall–Kier alpha value is -0.0800. The van der Waals surface area contributed by atoms with Crippen molar-refractivity contribution in [3.63, 3.8) is 0 Å². The lowest BCUT2D eigenvalue weighted by atomic mass is 9.73. The molecule has 0 amide bonds. The highest BCUT2D eigenvalue weighted by molar-refractivity contribution is 5.04. The maximum Gasteiger partial charge on any atom is 0.0334 e. The summed E-state index contributed by atoms with van der Waals surface area (Å²) in [7, 11) is 0. The molecule has 3 aliphatic rings. The Kier molecular flexibility index (Phi) is 3.44. The summed E-state index contributed by atoms with van der Waals surface area (Å²) < 4.78 is 0. The van der Waals surface area contributed by atoms with Crippen molar-refractivity contribution in [1.29, 1.82) is 0 Å². The first-order valence-corrected chi connectivity index (χ1v) is 8.13. The third-order valence-electron chi connectivity index (χ3n) is 6.23. The summed E-state index contributed by atoms with van der Waals surface area (Å²) in [6, 6.07) is 0. The van der Waals surface area contributed by atoms with Gasteiger partial charge in [-0.1, -0.05) is 26.2 Å². The molecule has 1 aliphatic heterocycles. The van der Waals surface area contributed by atoms with E-state index in [0.29, 0.717) is 11.0 Å². The van der Waals surface area contributed by atoms with Gasteiger partial charge in [-0.2, -0.15) is 0 Å². The third kappa shape index (κ3) is 2.12. The molecule has 3 fully saturated rings. The van der Waals surface area contributed by atoms with E-state index in [9.17, 15) is 0 Å². The van der Waals surface area contributed by atoms with E-state index in [0.717, 1.165) is 12.5 Å². The normalized spacial score (nSPS) is 40.7. The van der Waals surface area contributed by atoms with E-state index in [1.807, 2.05) is 0 Å². The van der Waals surface area contributed by atoms with Crippen molar-refractivity contribution in [2.24, 2.45) is 17.1 Å². The first-order valence-electron chi connectivity index (χ1n) is 8.13. The highest BCUT2D eigenvalue weighted by Crippen LogP contribution is 2.48. The highest BCUT2D eigenvalue weighted by Gasteiger charge is 2.48. The second kappa shape index (κ2) is 4.79. The maximum absolute atomic E-state index is 6.19. The number of likely N-dealkylation sites (tertiary alicyclic amines) is 1.